The van der Waals surface area contributed by atoms with Crippen LogP contribution in [0.2, 0.25) is 0 Å². The lowest BCUT2D eigenvalue weighted by atomic mass is 9.88. The maximum Gasteiger partial charge on any atom is 0.271 e. The maximum atomic E-state index is 11.8. The van der Waals surface area contributed by atoms with Gasteiger partial charge < -0.3 is 10.6 Å². The predicted octanol–water partition coefficient (Wildman–Crippen LogP) is 0.395. The summed E-state index contributed by atoms with van der Waals surface area (Å²) in [6, 6.07) is 1.73. The normalized spacial score (nSPS) is 24.6. The quantitative estimate of drug-likeness (QED) is 0.798. The van der Waals surface area contributed by atoms with Gasteiger partial charge in [0, 0.05) is 19.8 Å². The molecule has 17 heavy (non-hydrogen) atoms. The van der Waals surface area contributed by atoms with E-state index >= 15 is 0 Å². The minimum atomic E-state index is -0.0802. The Morgan fingerprint density at radius 1 is 1.71 bits per heavy atom. The SMILES string of the molecule is CC1CCNCC1CNC(=O)c1ccn(C)n1. The van der Waals surface area contributed by atoms with Gasteiger partial charge in [-0.15, -0.1) is 0 Å². The third-order valence-electron chi connectivity index (χ3n) is 3.46. The number of aryl methyl sites for hydroxylation is 1. The highest BCUT2D eigenvalue weighted by atomic mass is 16.1. The third-order valence-corrected chi connectivity index (χ3v) is 3.46. The second kappa shape index (κ2) is 5.31. The molecule has 94 valence electrons. The molecular weight excluding hydrogens is 216 g/mol. The average molecular weight is 236 g/mol. The standard InChI is InChI=1S/C12H20N4O/c1-9-3-5-13-7-10(9)8-14-12(17)11-4-6-16(2)15-11/h4,6,9-10,13H,3,5,7-8H2,1-2H3,(H,14,17). The molecule has 2 rings (SSSR count). The molecule has 0 aliphatic carbocycles. The first-order chi connectivity index (χ1) is 8.16. The average Bonchev–Trinajstić information content (AvgIpc) is 2.74. The first kappa shape index (κ1) is 12.1. The summed E-state index contributed by atoms with van der Waals surface area (Å²) < 4.78 is 1.64. The molecule has 1 aromatic rings. The van der Waals surface area contributed by atoms with E-state index < -0.39 is 0 Å². The Balaban J connectivity index is 1.83. The number of piperidine rings is 1. The summed E-state index contributed by atoms with van der Waals surface area (Å²) in [7, 11) is 1.81. The number of carbonyl (C=O) groups is 1. The molecule has 1 aliphatic heterocycles. The fourth-order valence-electron chi connectivity index (χ4n) is 2.18. The molecule has 0 spiro atoms. The topological polar surface area (TPSA) is 58.9 Å². The Labute approximate surface area is 102 Å². The van der Waals surface area contributed by atoms with Crippen LogP contribution in [0, 0.1) is 11.8 Å². The highest BCUT2D eigenvalue weighted by Gasteiger charge is 2.21. The van der Waals surface area contributed by atoms with Crippen LogP contribution in [0.1, 0.15) is 23.8 Å². The summed E-state index contributed by atoms with van der Waals surface area (Å²) in [5, 5.41) is 10.4. The highest BCUT2D eigenvalue weighted by molar-refractivity contribution is 5.92. The monoisotopic (exact) mass is 236 g/mol. The zero-order valence-electron chi connectivity index (χ0n) is 10.4. The van der Waals surface area contributed by atoms with Gasteiger partial charge in [-0.25, -0.2) is 0 Å². The van der Waals surface area contributed by atoms with Gasteiger partial charge in [-0.1, -0.05) is 6.92 Å². The molecule has 2 unspecified atom stereocenters. The largest absolute Gasteiger partial charge is 0.350 e. The summed E-state index contributed by atoms with van der Waals surface area (Å²) in [6.07, 6.45) is 2.96. The number of rotatable bonds is 3. The van der Waals surface area contributed by atoms with Gasteiger partial charge in [-0.2, -0.15) is 5.10 Å². The summed E-state index contributed by atoms with van der Waals surface area (Å²) in [4.78, 5) is 11.8. The lowest BCUT2D eigenvalue weighted by Crippen LogP contribution is -2.42. The molecule has 1 saturated heterocycles. The smallest absolute Gasteiger partial charge is 0.271 e. The number of amides is 1. The minimum Gasteiger partial charge on any atom is -0.350 e. The summed E-state index contributed by atoms with van der Waals surface area (Å²) in [5.74, 6) is 1.11. The molecule has 2 heterocycles. The molecule has 1 aromatic heterocycles. The van der Waals surface area contributed by atoms with Gasteiger partial charge in [0.25, 0.3) is 5.91 Å². The number of hydrogen-bond donors (Lipinski definition) is 2. The van der Waals surface area contributed by atoms with Crippen molar-refractivity contribution in [2.75, 3.05) is 19.6 Å². The number of carbonyl (C=O) groups excluding carboxylic acids is 1. The van der Waals surface area contributed by atoms with E-state index in [0.717, 1.165) is 19.6 Å². The molecular formula is C12H20N4O. The molecule has 0 saturated carbocycles. The fraction of sp³-hybridized carbons (Fsp3) is 0.667. The second-order valence-electron chi connectivity index (χ2n) is 4.81. The molecule has 5 nitrogen and oxygen atoms in total. The Bertz CT molecular complexity index is 388. The van der Waals surface area contributed by atoms with Crippen molar-refractivity contribution in [1.29, 1.82) is 0 Å². The van der Waals surface area contributed by atoms with Crippen molar-refractivity contribution in [3.8, 4) is 0 Å². The number of nitrogens with one attached hydrogen (secondary N) is 2. The first-order valence-electron chi connectivity index (χ1n) is 6.15. The van der Waals surface area contributed by atoms with E-state index in [4.69, 9.17) is 0 Å². The Morgan fingerprint density at radius 2 is 2.53 bits per heavy atom. The number of aromatic nitrogens is 2. The zero-order valence-corrected chi connectivity index (χ0v) is 10.4. The van der Waals surface area contributed by atoms with E-state index in [9.17, 15) is 4.79 Å². The van der Waals surface area contributed by atoms with Crippen LogP contribution >= 0.6 is 0 Å². The lowest BCUT2D eigenvalue weighted by molar-refractivity contribution is 0.0933. The van der Waals surface area contributed by atoms with Crippen LogP contribution in [-0.4, -0.2) is 35.3 Å². The lowest BCUT2D eigenvalue weighted by Gasteiger charge is -2.29. The van der Waals surface area contributed by atoms with E-state index in [1.54, 1.807) is 16.9 Å². The Hall–Kier alpha value is -1.36. The first-order valence-corrected chi connectivity index (χ1v) is 6.15. The van der Waals surface area contributed by atoms with Gasteiger partial charge in [0.05, 0.1) is 0 Å². The molecule has 0 aromatic carbocycles. The van der Waals surface area contributed by atoms with Crippen molar-refractivity contribution in [1.82, 2.24) is 20.4 Å². The second-order valence-corrected chi connectivity index (χ2v) is 4.81. The van der Waals surface area contributed by atoms with Crippen LogP contribution in [-0.2, 0) is 7.05 Å². The van der Waals surface area contributed by atoms with Crippen molar-refractivity contribution < 1.29 is 4.79 Å². The summed E-state index contributed by atoms with van der Waals surface area (Å²) in [6.45, 7) is 5.05. The maximum absolute atomic E-state index is 11.8. The van der Waals surface area contributed by atoms with Gasteiger partial charge in [-0.3, -0.25) is 9.48 Å². The van der Waals surface area contributed by atoms with Crippen molar-refractivity contribution >= 4 is 5.91 Å². The number of hydrogen-bond acceptors (Lipinski definition) is 3. The van der Waals surface area contributed by atoms with E-state index in [-0.39, 0.29) is 5.91 Å². The fourth-order valence-corrected chi connectivity index (χ4v) is 2.18. The molecule has 0 bridgehead atoms. The van der Waals surface area contributed by atoms with E-state index in [0.29, 0.717) is 17.5 Å². The van der Waals surface area contributed by atoms with Gasteiger partial charge in [0.1, 0.15) is 5.69 Å². The van der Waals surface area contributed by atoms with Gasteiger partial charge in [0.2, 0.25) is 0 Å². The van der Waals surface area contributed by atoms with Crippen LogP contribution in [0.3, 0.4) is 0 Å². The highest BCUT2D eigenvalue weighted by Crippen LogP contribution is 2.17. The Kier molecular flexibility index (Phi) is 3.78. The van der Waals surface area contributed by atoms with E-state index in [1.165, 1.54) is 6.42 Å². The van der Waals surface area contributed by atoms with Crippen LogP contribution in [0.4, 0.5) is 0 Å². The molecule has 2 atom stereocenters. The minimum absolute atomic E-state index is 0.0802. The van der Waals surface area contributed by atoms with Crippen molar-refractivity contribution in [3.63, 3.8) is 0 Å². The van der Waals surface area contributed by atoms with Gasteiger partial charge >= 0.3 is 0 Å². The van der Waals surface area contributed by atoms with Crippen LogP contribution in [0.25, 0.3) is 0 Å². The molecule has 2 N–H and O–H groups in total. The number of nitrogens with zero attached hydrogens (tertiary/aromatic N) is 2. The summed E-state index contributed by atoms with van der Waals surface area (Å²) >= 11 is 0. The van der Waals surface area contributed by atoms with Crippen LogP contribution in [0.5, 0.6) is 0 Å². The van der Waals surface area contributed by atoms with Gasteiger partial charge in [-0.05, 0) is 37.4 Å². The van der Waals surface area contributed by atoms with Crippen molar-refractivity contribution in [2.24, 2.45) is 18.9 Å². The third kappa shape index (κ3) is 3.06. The summed E-state index contributed by atoms with van der Waals surface area (Å²) in [5.41, 5.74) is 0.490. The van der Waals surface area contributed by atoms with Crippen molar-refractivity contribution in [3.05, 3.63) is 18.0 Å². The molecule has 1 fully saturated rings. The molecule has 0 radical (unpaired) electrons. The van der Waals surface area contributed by atoms with Crippen molar-refractivity contribution in [2.45, 2.75) is 13.3 Å². The van der Waals surface area contributed by atoms with E-state index in [1.807, 2.05) is 7.05 Å². The molecule has 5 heteroatoms. The molecule has 1 amide bonds. The van der Waals surface area contributed by atoms with E-state index in [2.05, 4.69) is 22.7 Å². The van der Waals surface area contributed by atoms with Crippen LogP contribution in [0.15, 0.2) is 12.3 Å². The zero-order chi connectivity index (χ0) is 12.3. The predicted molar refractivity (Wildman–Crippen MR) is 65.7 cm³/mol. The Morgan fingerprint density at radius 3 is 3.18 bits per heavy atom. The molecule has 1 aliphatic rings. The van der Waals surface area contributed by atoms with Crippen LogP contribution < -0.4 is 10.6 Å². The van der Waals surface area contributed by atoms with Gasteiger partial charge in [0.15, 0.2) is 0 Å².